The molecule has 0 spiro atoms. The minimum Gasteiger partial charge on any atom is -0.490 e. The van der Waals surface area contributed by atoms with Crippen LogP contribution in [0.4, 0.5) is 5.69 Å². The van der Waals surface area contributed by atoms with Gasteiger partial charge in [-0.25, -0.2) is 4.98 Å². The minimum atomic E-state index is -0.199. The molecule has 1 N–H and O–H groups in total. The van der Waals surface area contributed by atoms with Gasteiger partial charge in [0.05, 0.1) is 6.10 Å². The fraction of sp³-hybridized carbons (Fsp3) is 0.519. The van der Waals surface area contributed by atoms with Crippen molar-refractivity contribution in [1.29, 1.82) is 5.26 Å². The number of azide groups is 2. The van der Waals surface area contributed by atoms with E-state index in [2.05, 4.69) is 35.3 Å². The summed E-state index contributed by atoms with van der Waals surface area (Å²) in [5.74, 6) is 0.347. The van der Waals surface area contributed by atoms with E-state index in [1.54, 1.807) is 23.2 Å². The first-order valence-corrected chi connectivity index (χ1v) is 13.4. The van der Waals surface area contributed by atoms with E-state index in [1.807, 2.05) is 31.2 Å². The van der Waals surface area contributed by atoms with E-state index in [0.29, 0.717) is 49.4 Å². The molecule has 0 radical (unpaired) electrons. The van der Waals surface area contributed by atoms with Crippen molar-refractivity contribution in [3.8, 4) is 11.8 Å². The molecule has 13 heteroatoms. The highest BCUT2D eigenvalue weighted by molar-refractivity contribution is 5.95. The molecule has 0 unspecified atom stereocenters. The second-order valence-corrected chi connectivity index (χ2v) is 10.1. The number of pyridine rings is 1. The molecule has 2 aromatic rings. The van der Waals surface area contributed by atoms with Gasteiger partial charge in [-0.2, -0.15) is 5.26 Å². The number of hydrogen-bond donors (Lipinski definition) is 1. The number of nitriles is 1. The lowest BCUT2D eigenvalue weighted by Gasteiger charge is -2.34. The van der Waals surface area contributed by atoms with E-state index in [-0.39, 0.29) is 30.6 Å². The average Bonchev–Trinajstić information content (AvgIpc) is 2.98. The van der Waals surface area contributed by atoms with Crippen LogP contribution in [-0.2, 0) is 11.3 Å². The third-order valence-corrected chi connectivity index (χ3v) is 7.44. The number of nitrogens with zero attached hydrogens (tertiary/aromatic N) is 10. The molecular weight excluding hydrogens is 510 g/mol. The van der Waals surface area contributed by atoms with Gasteiger partial charge in [-0.15, -0.1) is 0 Å². The molecule has 1 aromatic heterocycles. The Balaban J connectivity index is 1.38. The molecule has 1 aromatic carbocycles. The number of nitrogens with one attached hydrogen (secondary N) is 1. The van der Waals surface area contributed by atoms with Crippen molar-refractivity contribution in [2.75, 3.05) is 37.7 Å². The SMILES string of the molecule is Cc1cc(N(CN=[N+]=[N-])C(=O)C2CCC(Oc3ccnc(C#N)c3)CC2)ccc1CN1CCN[C@@H](CN=[N+]=[N-])C1. The molecule has 1 aliphatic heterocycles. The van der Waals surface area contributed by atoms with Gasteiger partial charge in [0.2, 0.25) is 5.91 Å². The molecule has 13 nitrogen and oxygen atoms in total. The van der Waals surface area contributed by atoms with Gasteiger partial charge in [0, 0.05) is 72.5 Å². The molecule has 1 saturated carbocycles. The largest absolute Gasteiger partial charge is 0.490 e. The van der Waals surface area contributed by atoms with Crippen molar-refractivity contribution >= 4 is 11.6 Å². The van der Waals surface area contributed by atoms with Crippen molar-refractivity contribution in [2.45, 2.75) is 51.3 Å². The van der Waals surface area contributed by atoms with E-state index in [0.717, 1.165) is 37.3 Å². The Bertz CT molecular complexity index is 1320. The zero-order chi connectivity index (χ0) is 28.3. The first-order chi connectivity index (χ1) is 19.5. The quantitative estimate of drug-likeness (QED) is 0.260. The number of anilines is 1. The maximum Gasteiger partial charge on any atom is 0.230 e. The lowest BCUT2D eigenvalue weighted by molar-refractivity contribution is -0.123. The van der Waals surface area contributed by atoms with Crippen LogP contribution in [0.3, 0.4) is 0 Å². The summed E-state index contributed by atoms with van der Waals surface area (Å²) < 4.78 is 6.04. The molecule has 2 heterocycles. The van der Waals surface area contributed by atoms with Crippen LogP contribution >= 0.6 is 0 Å². The lowest BCUT2D eigenvalue weighted by atomic mass is 9.86. The summed E-state index contributed by atoms with van der Waals surface area (Å²) in [7, 11) is 0. The molecule has 2 aliphatic rings. The number of amides is 1. The fourth-order valence-corrected chi connectivity index (χ4v) is 5.32. The summed E-state index contributed by atoms with van der Waals surface area (Å²) in [4.78, 5) is 27.2. The van der Waals surface area contributed by atoms with E-state index in [4.69, 9.17) is 21.1 Å². The highest BCUT2D eigenvalue weighted by Gasteiger charge is 2.31. The van der Waals surface area contributed by atoms with Gasteiger partial charge in [-0.3, -0.25) is 9.69 Å². The van der Waals surface area contributed by atoms with E-state index >= 15 is 0 Å². The summed E-state index contributed by atoms with van der Waals surface area (Å²) in [6.45, 7) is 5.63. The van der Waals surface area contributed by atoms with Gasteiger partial charge in [0.25, 0.3) is 0 Å². The maximum absolute atomic E-state index is 13.6. The molecule has 1 atom stereocenters. The van der Waals surface area contributed by atoms with Crippen LogP contribution in [0.25, 0.3) is 20.9 Å². The Morgan fingerprint density at radius 1 is 1.23 bits per heavy atom. The van der Waals surface area contributed by atoms with Crippen LogP contribution in [0.15, 0.2) is 46.8 Å². The Labute approximate surface area is 233 Å². The Hall–Kier alpha value is -4.33. The van der Waals surface area contributed by atoms with Crippen LogP contribution in [0.5, 0.6) is 5.75 Å². The van der Waals surface area contributed by atoms with E-state index in [1.165, 1.54) is 0 Å². The van der Waals surface area contributed by atoms with E-state index in [9.17, 15) is 4.79 Å². The number of rotatable bonds is 10. The first kappa shape index (κ1) is 28.7. The van der Waals surface area contributed by atoms with Crippen molar-refractivity contribution in [2.24, 2.45) is 16.1 Å². The van der Waals surface area contributed by atoms with Gasteiger partial charge in [0.15, 0.2) is 0 Å². The monoisotopic (exact) mass is 543 g/mol. The lowest BCUT2D eigenvalue weighted by Crippen LogP contribution is -2.51. The number of carbonyl (C=O) groups is 1. The molecule has 2 fully saturated rings. The summed E-state index contributed by atoms with van der Waals surface area (Å²) in [5, 5.41) is 19.8. The number of hydrogen-bond acceptors (Lipinski definition) is 8. The summed E-state index contributed by atoms with van der Waals surface area (Å²) in [5.41, 5.74) is 20.8. The number of carbonyl (C=O) groups excluding carboxylic acids is 1. The molecular formula is C27H33N11O2. The molecule has 208 valence electrons. The normalized spacial score (nSPS) is 20.9. The highest BCUT2D eigenvalue weighted by atomic mass is 16.5. The van der Waals surface area contributed by atoms with Crippen molar-refractivity contribution in [3.05, 3.63) is 74.2 Å². The summed E-state index contributed by atoms with van der Waals surface area (Å²) in [6, 6.07) is 11.4. The predicted octanol–water partition coefficient (Wildman–Crippen LogP) is 4.58. The number of piperazine rings is 1. The van der Waals surface area contributed by atoms with Crippen LogP contribution in [0.1, 0.15) is 42.5 Å². The number of benzene rings is 1. The van der Waals surface area contributed by atoms with Crippen molar-refractivity contribution in [3.63, 3.8) is 0 Å². The second kappa shape index (κ2) is 14.2. The number of aryl methyl sites for hydroxylation is 1. The van der Waals surface area contributed by atoms with Gasteiger partial charge in [-0.05, 0) is 73.0 Å². The molecule has 1 saturated heterocycles. The van der Waals surface area contributed by atoms with Crippen LogP contribution in [-0.4, -0.2) is 60.8 Å². The van der Waals surface area contributed by atoms with E-state index < -0.39 is 0 Å². The molecule has 40 heavy (non-hydrogen) atoms. The van der Waals surface area contributed by atoms with Gasteiger partial charge in [-0.1, -0.05) is 16.3 Å². The Morgan fingerprint density at radius 2 is 2.02 bits per heavy atom. The molecule has 4 rings (SSSR count). The van der Waals surface area contributed by atoms with Gasteiger partial charge >= 0.3 is 0 Å². The Kier molecular flexibility index (Phi) is 10.2. The summed E-state index contributed by atoms with van der Waals surface area (Å²) in [6.07, 6.45) is 4.24. The number of aromatic nitrogens is 1. The smallest absolute Gasteiger partial charge is 0.230 e. The third kappa shape index (κ3) is 7.62. The van der Waals surface area contributed by atoms with Gasteiger partial charge in [0.1, 0.15) is 24.2 Å². The fourth-order valence-electron chi connectivity index (χ4n) is 5.32. The topological polar surface area (TPSA) is 179 Å². The van der Waals surface area contributed by atoms with Crippen LogP contribution in [0.2, 0.25) is 0 Å². The van der Waals surface area contributed by atoms with Crippen LogP contribution in [0, 0.1) is 24.2 Å². The minimum absolute atomic E-state index is 0.0404. The maximum atomic E-state index is 13.6. The molecule has 1 aliphatic carbocycles. The van der Waals surface area contributed by atoms with Gasteiger partial charge < -0.3 is 15.0 Å². The van der Waals surface area contributed by atoms with Crippen molar-refractivity contribution in [1.82, 2.24) is 15.2 Å². The Morgan fingerprint density at radius 3 is 2.75 bits per heavy atom. The average molecular weight is 544 g/mol. The zero-order valence-electron chi connectivity index (χ0n) is 22.6. The highest BCUT2D eigenvalue weighted by Crippen LogP contribution is 2.31. The first-order valence-electron chi connectivity index (χ1n) is 13.4. The zero-order valence-corrected chi connectivity index (χ0v) is 22.6. The standard InChI is InChI=1S/C27H33N11O2/c1-19-12-24(5-2-21(19)16-37-11-10-32-23(17-37)15-33-35-29)38(18-34-36-30)27(39)20-3-6-25(7-4-20)40-26-8-9-31-22(13-26)14-28/h2,5,8-9,12-13,20,23,25,32H,3-4,6-7,10-11,15-18H2,1H3/t20?,23-,25?/m0/s1. The summed E-state index contributed by atoms with van der Waals surface area (Å²) >= 11 is 0. The molecule has 1 amide bonds. The number of ether oxygens (including phenoxy) is 1. The second-order valence-electron chi connectivity index (χ2n) is 10.1. The molecule has 0 bridgehead atoms. The third-order valence-electron chi connectivity index (χ3n) is 7.44. The van der Waals surface area contributed by atoms with Crippen LogP contribution < -0.4 is 15.0 Å². The van der Waals surface area contributed by atoms with Crippen molar-refractivity contribution < 1.29 is 9.53 Å². The predicted molar refractivity (Wildman–Crippen MR) is 149 cm³/mol.